The molecule has 2 N–H and O–H groups in total. The summed E-state index contributed by atoms with van der Waals surface area (Å²) in [5, 5.41) is 16.4. The van der Waals surface area contributed by atoms with E-state index in [9.17, 15) is 10.1 Å². The van der Waals surface area contributed by atoms with Crippen molar-refractivity contribution in [2.45, 2.75) is 82.2 Å². The Kier molecular flexibility index (Phi) is 5.46. The van der Waals surface area contributed by atoms with Crippen LogP contribution in [-0.4, -0.2) is 41.6 Å². The second-order valence-electron chi connectivity index (χ2n) is 7.90. The van der Waals surface area contributed by atoms with Crippen molar-refractivity contribution in [2.75, 3.05) is 19.8 Å². The van der Waals surface area contributed by atoms with E-state index in [2.05, 4.69) is 28.5 Å². The maximum absolute atomic E-state index is 12.2. The minimum Gasteiger partial charge on any atom is -0.342 e. The predicted octanol–water partition coefficient (Wildman–Crippen LogP) is 2.53. The summed E-state index contributed by atoms with van der Waals surface area (Å²) in [4.78, 5) is 14.6. The number of nitrogens with one attached hydrogen (secondary N) is 2. The summed E-state index contributed by atoms with van der Waals surface area (Å²) in [5.41, 5.74) is -0.664. The van der Waals surface area contributed by atoms with Crippen molar-refractivity contribution in [3.8, 4) is 6.07 Å². The van der Waals surface area contributed by atoms with E-state index < -0.39 is 0 Å². The number of hydrogen-bond donors (Lipinski definition) is 2. The van der Waals surface area contributed by atoms with Gasteiger partial charge < -0.3 is 5.32 Å². The molecule has 1 saturated carbocycles. The molecule has 134 valence electrons. The molecule has 2 saturated heterocycles. The first-order chi connectivity index (χ1) is 11.7. The van der Waals surface area contributed by atoms with Crippen LogP contribution in [0.4, 0.5) is 0 Å². The van der Waals surface area contributed by atoms with Crippen LogP contribution >= 0.6 is 0 Å². The standard InChI is InChI=1S/C19H32N4O/c1-2-3-4-7-16-8-5-6-9-19(16,14-20)23-12-10-18(11-13-23)17(24)21-15-22-18/h16,22H,2-13,15H2,1H3,(H,21,24). The second-order valence-corrected chi connectivity index (χ2v) is 7.90. The molecule has 0 aromatic carbocycles. The molecule has 5 nitrogen and oxygen atoms in total. The van der Waals surface area contributed by atoms with Gasteiger partial charge >= 0.3 is 0 Å². The van der Waals surface area contributed by atoms with Gasteiger partial charge in [0.2, 0.25) is 5.91 Å². The van der Waals surface area contributed by atoms with Crippen molar-refractivity contribution in [3.63, 3.8) is 0 Å². The van der Waals surface area contributed by atoms with E-state index in [0.29, 0.717) is 12.6 Å². The maximum Gasteiger partial charge on any atom is 0.241 e. The number of piperidine rings is 1. The lowest BCUT2D eigenvalue weighted by Crippen LogP contribution is -2.62. The van der Waals surface area contributed by atoms with Crippen LogP contribution in [0.3, 0.4) is 0 Å². The third-order valence-electron chi connectivity index (χ3n) is 6.68. The Morgan fingerprint density at radius 1 is 1.25 bits per heavy atom. The average Bonchev–Trinajstić information content (AvgIpc) is 2.96. The fourth-order valence-electron chi connectivity index (χ4n) is 5.12. The minimum atomic E-state index is -0.375. The van der Waals surface area contributed by atoms with Gasteiger partial charge in [0, 0.05) is 13.1 Å². The zero-order valence-corrected chi connectivity index (χ0v) is 15.1. The highest BCUT2D eigenvalue weighted by Gasteiger charge is 2.51. The van der Waals surface area contributed by atoms with Gasteiger partial charge in [0.25, 0.3) is 0 Å². The quantitative estimate of drug-likeness (QED) is 0.759. The molecular weight excluding hydrogens is 300 g/mol. The average molecular weight is 332 g/mol. The Hall–Kier alpha value is -1.12. The smallest absolute Gasteiger partial charge is 0.241 e. The van der Waals surface area contributed by atoms with Crippen molar-refractivity contribution in [1.29, 1.82) is 5.26 Å². The molecule has 1 aliphatic carbocycles. The van der Waals surface area contributed by atoms with Crippen LogP contribution in [0.15, 0.2) is 0 Å². The lowest BCUT2D eigenvalue weighted by Gasteiger charge is -2.50. The first kappa shape index (κ1) is 17.7. The molecule has 3 fully saturated rings. The van der Waals surface area contributed by atoms with E-state index in [1.807, 2.05) is 0 Å². The Morgan fingerprint density at radius 2 is 2.04 bits per heavy atom. The van der Waals surface area contributed by atoms with E-state index in [0.717, 1.165) is 38.8 Å². The van der Waals surface area contributed by atoms with Crippen molar-refractivity contribution in [2.24, 2.45) is 5.92 Å². The third kappa shape index (κ3) is 3.07. The molecule has 0 bridgehead atoms. The van der Waals surface area contributed by atoms with E-state index in [-0.39, 0.29) is 17.0 Å². The summed E-state index contributed by atoms with van der Waals surface area (Å²) in [6.07, 6.45) is 11.2. The molecule has 0 aromatic rings. The van der Waals surface area contributed by atoms with Gasteiger partial charge in [-0.15, -0.1) is 0 Å². The van der Waals surface area contributed by atoms with Gasteiger partial charge in [0.05, 0.1) is 12.7 Å². The Bertz CT molecular complexity index is 492. The van der Waals surface area contributed by atoms with E-state index in [1.54, 1.807) is 0 Å². The molecule has 0 aromatic heterocycles. The monoisotopic (exact) mass is 332 g/mol. The molecule has 0 radical (unpaired) electrons. The van der Waals surface area contributed by atoms with Crippen LogP contribution in [0.2, 0.25) is 0 Å². The summed E-state index contributed by atoms with van der Waals surface area (Å²) >= 11 is 0. The molecule has 1 amide bonds. The first-order valence-electron chi connectivity index (χ1n) is 9.86. The van der Waals surface area contributed by atoms with E-state index in [1.165, 1.54) is 38.5 Å². The number of unbranched alkanes of at least 4 members (excludes halogenated alkanes) is 2. The van der Waals surface area contributed by atoms with Gasteiger partial charge in [0.15, 0.2) is 0 Å². The van der Waals surface area contributed by atoms with Gasteiger partial charge in [-0.05, 0) is 38.0 Å². The fraction of sp³-hybridized carbons (Fsp3) is 0.895. The number of hydrogen-bond acceptors (Lipinski definition) is 4. The fourth-order valence-corrected chi connectivity index (χ4v) is 5.12. The third-order valence-corrected chi connectivity index (χ3v) is 6.68. The number of nitrogens with zero attached hydrogens (tertiary/aromatic N) is 2. The summed E-state index contributed by atoms with van der Waals surface area (Å²) in [6.45, 7) is 4.54. The van der Waals surface area contributed by atoms with Crippen molar-refractivity contribution in [3.05, 3.63) is 0 Å². The Balaban J connectivity index is 1.70. The van der Waals surface area contributed by atoms with Crippen molar-refractivity contribution < 1.29 is 4.79 Å². The number of carbonyl (C=O) groups excluding carboxylic acids is 1. The van der Waals surface area contributed by atoms with Crippen molar-refractivity contribution >= 4 is 5.91 Å². The van der Waals surface area contributed by atoms with E-state index >= 15 is 0 Å². The van der Waals surface area contributed by atoms with Crippen LogP contribution in [0.5, 0.6) is 0 Å². The topological polar surface area (TPSA) is 68.2 Å². The molecule has 2 atom stereocenters. The molecule has 5 heteroatoms. The molecule has 2 heterocycles. The van der Waals surface area contributed by atoms with Crippen molar-refractivity contribution in [1.82, 2.24) is 15.5 Å². The highest BCUT2D eigenvalue weighted by Crippen LogP contribution is 2.43. The zero-order chi connectivity index (χ0) is 17.0. The summed E-state index contributed by atoms with van der Waals surface area (Å²) in [6, 6.07) is 2.76. The largest absolute Gasteiger partial charge is 0.342 e. The van der Waals surface area contributed by atoms with Crippen LogP contribution in [0.25, 0.3) is 0 Å². The summed E-state index contributed by atoms with van der Waals surface area (Å²) in [5.74, 6) is 0.651. The lowest BCUT2D eigenvalue weighted by atomic mass is 9.69. The Morgan fingerprint density at radius 3 is 2.67 bits per heavy atom. The highest BCUT2D eigenvalue weighted by atomic mass is 16.2. The number of amides is 1. The molecule has 3 aliphatic rings. The zero-order valence-electron chi connectivity index (χ0n) is 15.1. The van der Waals surface area contributed by atoms with Crippen LogP contribution in [0, 0.1) is 17.2 Å². The maximum atomic E-state index is 12.2. The van der Waals surface area contributed by atoms with Gasteiger partial charge in [-0.2, -0.15) is 5.26 Å². The second kappa shape index (κ2) is 7.41. The van der Waals surface area contributed by atoms with Gasteiger partial charge in [0.1, 0.15) is 11.1 Å². The van der Waals surface area contributed by atoms with Crippen LogP contribution in [0.1, 0.15) is 71.1 Å². The van der Waals surface area contributed by atoms with Crippen LogP contribution in [-0.2, 0) is 4.79 Å². The number of carbonyl (C=O) groups is 1. The number of likely N-dealkylation sites (tertiary alicyclic amines) is 1. The SMILES string of the molecule is CCCCCC1CCCCC1(C#N)N1CCC2(CC1)NCNC2=O. The molecule has 1 spiro atoms. The number of nitriles is 1. The normalized spacial score (nSPS) is 33.3. The molecule has 2 unspecified atom stereocenters. The summed E-state index contributed by atoms with van der Waals surface area (Å²) < 4.78 is 0. The lowest BCUT2D eigenvalue weighted by molar-refractivity contribution is -0.126. The molecule has 24 heavy (non-hydrogen) atoms. The molecular formula is C19H32N4O. The highest BCUT2D eigenvalue weighted by molar-refractivity contribution is 5.88. The van der Waals surface area contributed by atoms with Gasteiger partial charge in [-0.1, -0.05) is 39.0 Å². The van der Waals surface area contributed by atoms with Gasteiger partial charge in [-0.25, -0.2) is 0 Å². The molecule has 2 aliphatic heterocycles. The van der Waals surface area contributed by atoms with E-state index in [4.69, 9.17) is 0 Å². The number of rotatable bonds is 5. The first-order valence-corrected chi connectivity index (χ1v) is 9.86. The van der Waals surface area contributed by atoms with Crippen LogP contribution < -0.4 is 10.6 Å². The molecule has 3 rings (SSSR count). The summed E-state index contributed by atoms with van der Waals surface area (Å²) in [7, 11) is 0. The minimum absolute atomic E-state index is 0.149. The Labute approximate surface area is 146 Å². The predicted molar refractivity (Wildman–Crippen MR) is 94.1 cm³/mol. The van der Waals surface area contributed by atoms with Gasteiger partial charge in [-0.3, -0.25) is 15.0 Å².